The van der Waals surface area contributed by atoms with Crippen molar-refractivity contribution in [2.24, 2.45) is 0 Å². The Morgan fingerprint density at radius 1 is 1.36 bits per heavy atom. The Morgan fingerprint density at radius 3 is 3.18 bits per heavy atom. The Hall–Kier alpha value is -2.74. The van der Waals surface area contributed by atoms with E-state index in [4.69, 9.17) is 4.42 Å². The lowest BCUT2D eigenvalue weighted by atomic mass is 10.4. The maximum atomic E-state index is 5.51. The molecule has 0 amide bonds. The molecule has 4 aromatic rings. The van der Waals surface area contributed by atoms with Crippen LogP contribution in [-0.2, 0) is 6.54 Å². The van der Waals surface area contributed by atoms with Crippen LogP contribution in [0.25, 0.3) is 16.5 Å². The Morgan fingerprint density at radius 2 is 2.32 bits per heavy atom. The highest BCUT2D eigenvalue weighted by Gasteiger charge is 2.09. The molecule has 0 aliphatic carbocycles. The summed E-state index contributed by atoms with van der Waals surface area (Å²) < 4.78 is 7.17. The molecule has 1 N–H and O–H groups in total. The second kappa shape index (κ2) is 5.23. The fourth-order valence-electron chi connectivity index (χ4n) is 2.14. The normalized spacial score (nSPS) is 11.1. The minimum atomic E-state index is 0.535. The van der Waals surface area contributed by atoms with E-state index in [1.54, 1.807) is 22.1 Å². The number of hydrogen-bond acceptors (Lipinski definition) is 7. The van der Waals surface area contributed by atoms with E-state index in [1.165, 1.54) is 6.33 Å². The van der Waals surface area contributed by atoms with Crippen molar-refractivity contribution >= 4 is 22.9 Å². The van der Waals surface area contributed by atoms with Gasteiger partial charge in [-0.1, -0.05) is 6.07 Å². The van der Waals surface area contributed by atoms with Crippen LogP contribution >= 0.6 is 11.3 Å². The minimum Gasteiger partial charge on any atom is -0.443 e. The molecule has 4 heterocycles. The monoisotopic (exact) mass is 312 g/mol. The lowest BCUT2D eigenvalue weighted by Crippen LogP contribution is -2.07. The molecule has 0 fully saturated rings. The van der Waals surface area contributed by atoms with E-state index in [-0.39, 0.29) is 0 Å². The molecular formula is C14H12N6OS. The summed E-state index contributed by atoms with van der Waals surface area (Å²) in [6, 6.07) is 5.88. The number of nitrogens with one attached hydrogen (secondary N) is 1. The molecule has 8 heteroatoms. The predicted molar refractivity (Wildman–Crippen MR) is 82.7 cm³/mol. The molecule has 110 valence electrons. The number of aryl methyl sites for hydroxylation is 1. The summed E-state index contributed by atoms with van der Waals surface area (Å²) >= 11 is 1.60. The molecule has 0 spiro atoms. The van der Waals surface area contributed by atoms with Crippen LogP contribution in [0.4, 0.5) is 5.82 Å². The molecule has 0 bridgehead atoms. The maximum Gasteiger partial charge on any atom is 0.254 e. The van der Waals surface area contributed by atoms with Gasteiger partial charge >= 0.3 is 0 Å². The summed E-state index contributed by atoms with van der Waals surface area (Å²) in [6.07, 6.45) is 3.15. The summed E-state index contributed by atoms with van der Waals surface area (Å²) in [5.74, 6) is 2.03. The Kier molecular flexibility index (Phi) is 3.08. The molecule has 0 aromatic carbocycles. The molecule has 0 atom stereocenters. The van der Waals surface area contributed by atoms with E-state index < -0.39 is 0 Å². The van der Waals surface area contributed by atoms with Gasteiger partial charge in [0, 0.05) is 11.8 Å². The molecule has 4 rings (SSSR count). The summed E-state index contributed by atoms with van der Waals surface area (Å²) in [4.78, 5) is 13.9. The van der Waals surface area contributed by atoms with Gasteiger partial charge in [0.25, 0.3) is 5.78 Å². The molecule has 0 saturated heterocycles. The third kappa shape index (κ3) is 2.33. The molecule has 4 aromatic heterocycles. The molecule has 0 radical (unpaired) electrons. The molecule has 0 saturated carbocycles. The van der Waals surface area contributed by atoms with Gasteiger partial charge in [-0.15, -0.1) is 11.3 Å². The van der Waals surface area contributed by atoms with Gasteiger partial charge in [0.05, 0.1) is 17.1 Å². The van der Waals surface area contributed by atoms with Gasteiger partial charge in [-0.25, -0.2) is 9.97 Å². The first-order chi connectivity index (χ1) is 10.8. The third-order valence-electron chi connectivity index (χ3n) is 3.11. The van der Waals surface area contributed by atoms with Gasteiger partial charge in [-0.05, 0) is 18.4 Å². The van der Waals surface area contributed by atoms with Gasteiger partial charge in [-0.2, -0.15) is 14.6 Å². The van der Waals surface area contributed by atoms with Crippen LogP contribution in [-0.4, -0.2) is 24.6 Å². The van der Waals surface area contributed by atoms with Crippen LogP contribution in [0, 0.1) is 6.92 Å². The van der Waals surface area contributed by atoms with Crippen molar-refractivity contribution in [1.82, 2.24) is 24.6 Å². The first-order valence-electron chi connectivity index (χ1n) is 6.69. The summed E-state index contributed by atoms with van der Waals surface area (Å²) in [6.45, 7) is 2.46. The summed E-state index contributed by atoms with van der Waals surface area (Å²) in [5, 5.41) is 9.45. The Labute approximate surface area is 129 Å². The average Bonchev–Trinajstić information content (AvgIpc) is 3.24. The zero-order chi connectivity index (χ0) is 14.9. The van der Waals surface area contributed by atoms with Gasteiger partial charge in [0.2, 0.25) is 5.89 Å². The van der Waals surface area contributed by atoms with Crippen molar-refractivity contribution in [1.29, 1.82) is 0 Å². The third-order valence-corrected chi connectivity index (χ3v) is 3.97. The first-order valence-corrected chi connectivity index (χ1v) is 7.57. The van der Waals surface area contributed by atoms with Crippen LogP contribution in [0.2, 0.25) is 0 Å². The standard InChI is InChI=1S/C14H12N6OS/c1-9-5-12(20-14(18-9)16-8-17-20)15-6-10-7-21-13(19-10)11-3-2-4-22-11/h2-5,7-8,15H,6H2,1H3. The van der Waals surface area contributed by atoms with Crippen molar-refractivity contribution in [3.05, 3.63) is 47.6 Å². The minimum absolute atomic E-state index is 0.535. The fraction of sp³-hybridized carbons (Fsp3) is 0.143. The van der Waals surface area contributed by atoms with Gasteiger partial charge in [0.1, 0.15) is 18.4 Å². The highest BCUT2D eigenvalue weighted by molar-refractivity contribution is 7.13. The van der Waals surface area contributed by atoms with Gasteiger partial charge < -0.3 is 9.73 Å². The van der Waals surface area contributed by atoms with Crippen molar-refractivity contribution in [2.75, 3.05) is 5.32 Å². The van der Waals surface area contributed by atoms with E-state index in [2.05, 4.69) is 25.4 Å². The SMILES string of the molecule is Cc1cc(NCc2coc(-c3cccs3)n2)n2ncnc2n1. The summed E-state index contributed by atoms with van der Waals surface area (Å²) in [7, 11) is 0. The lowest BCUT2D eigenvalue weighted by molar-refractivity contribution is 0.574. The Balaban J connectivity index is 1.56. The number of oxazole rings is 1. The van der Waals surface area contributed by atoms with Crippen molar-refractivity contribution < 1.29 is 4.42 Å². The number of nitrogens with zero attached hydrogens (tertiary/aromatic N) is 5. The summed E-state index contributed by atoms with van der Waals surface area (Å²) in [5.41, 5.74) is 1.70. The molecular weight excluding hydrogens is 300 g/mol. The highest BCUT2D eigenvalue weighted by Crippen LogP contribution is 2.23. The number of hydrogen-bond donors (Lipinski definition) is 1. The number of aromatic nitrogens is 5. The topological polar surface area (TPSA) is 81.1 Å². The van der Waals surface area contributed by atoms with Gasteiger partial charge in [0.15, 0.2) is 0 Å². The lowest BCUT2D eigenvalue weighted by Gasteiger charge is -2.06. The van der Waals surface area contributed by atoms with E-state index >= 15 is 0 Å². The van der Waals surface area contributed by atoms with Crippen LogP contribution in [0.15, 0.2) is 40.6 Å². The van der Waals surface area contributed by atoms with Gasteiger partial charge in [-0.3, -0.25) is 0 Å². The molecule has 7 nitrogen and oxygen atoms in total. The molecule has 22 heavy (non-hydrogen) atoms. The van der Waals surface area contributed by atoms with Crippen LogP contribution in [0.3, 0.4) is 0 Å². The molecule has 0 unspecified atom stereocenters. The van der Waals surface area contributed by atoms with Crippen LogP contribution < -0.4 is 5.32 Å². The van der Waals surface area contributed by atoms with Crippen molar-refractivity contribution in [3.63, 3.8) is 0 Å². The largest absolute Gasteiger partial charge is 0.443 e. The number of thiophene rings is 1. The Bertz CT molecular complexity index is 911. The van der Waals surface area contributed by atoms with Crippen molar-refractivity contribution in [3.8, 4) is 10.8 Å². The van der Waals surface area contributed by atoms with Crippen LogP contribution in [0.5, 0.6) is 0 Å². The smallest absolute Gasteiger partial charge is 0.254 e. The van der Waals surface area contributed by atoms with E-state index in [0.29, 0.717) is 18.2 Å². The number of fused-ring (bicyclic) bond motifs is 1. The fourth-order valence-corrected chi connectivity index (χ4v) is 2.79. The number of anilines is 1. The quantitative estimate of drug-likeness (QED) is 0.624. The molecule has 0 aliphatic heterocycles. The van der Waals surface area contributed by atoms with E-state index in [9.17, 15) is 0 Å². The zero-order valence-corrected chi connectivity index (χ0v) is 12.5. The number of rotatable bonds is 4. The first kappa shape index (κ1) is 13.0. The van der Waals surface area contributed by atoms with Crippen LogP contribution in [0.1, 0.15) is 11.4 Å². The second-order valence-electron chi connectivity index (χ2n) is 4.73. The van der Waals surface area contributed by atoms with Crippen molar-refractivity contribution in [2.45, 2.75) is 13.5 Å². The van der Waals surface area contributed by atoms with E-state index in [0.717, 1.165) is 22.1 Å². The molecule has 0 aliphatic rings. The second-order valence-corrected chi connectivity index (χ2v) is 5.68. The average molecular weight is 312 g/mol. The highest BCUT2D eigenvalue weighted by atomic mass is 32.1. The zero-order valence-electron chi connectivity index (χ0n) is 11.7. The van der Waals surface area contributed by atoms with E-state index in [1.807, 2.05) is 30.5 Å². The maximum absolute atomic E-state index is 5.51. The predicted octanol–water partition coefficient (Wildman–Crippen LogP) is 2.76.